The Hall–Kier alpha value is -1.45. The lowest BCUT2D eigenvalue weighted by Gasteiger charge is -2.00. The standard InChI is InChI=1S/C7H6BNO2/c8-7(11)9-5-2-1-3-6(10)4-5/h1-4,10H,(H,9,11). The predicted octanol–water partition coefficient (Wildman–Crippen LogP) is 1.09. The maximum absolute atomic E-state index is 10.3. The molecule has 2 N–H and O–H groups in total. The summed E-state index contributed by atoms with van der Waals surface area (Å²) < 4.78 is 0. The lowest BCUT2D eigenvalue weighted by atomic mass is 10.1. The van der Waals surface area contributed by atoms with Crippen molar-refractivity contribution < 1.29 is 9.90 Å². The highest BCUT2D eigenvalue weighted by Gasteiger charge is 1.94. The van der Waals surface area contributed by atoms with Gasteiger partial charge in [-0.25, -0.2) is 0 Å². The second-order valence-electron chi connectivity index (χ2n) is 2.04. The maximum atomic E-state index is 10.3. The number of hydrogen-bond acceptors (Lipinski definition) is 2. The minimum atomic E-state index is -0.643. The van der Waals surface area contributed by atoms with Crippen molar-refractivity contribution in [2.75, 3.05) is 5.32 Å². The Morgan fingerprint density at radius 1 is 1.55 bits per heavy atom. The molecule has 11 heavy (non-hydrogen) atoms. The van der Waals surface area contributed by atoms with E-state index in [4.69, 9.17) is 13.0 Å². The van der Waals surface area contributed by atoms with Crippen LogP contribution in [0.5, 0.6) is 5.75 Å². The first kappa shape index (κ1) is 7.66. The summed E-state index contributed by atoms with van der Waals surface area (Å²) in [5, 5.41) is 11.3. The fourth-order valence-corrected chi connectivity index (χ4v) is 0.726. The Kier molecular flexibility index (Phi) is 2.16. The molecule has 54 valence electrons. The first-order valence-electron chi connectivity index (χ1n) is 3.04. The predicted molar refractivity (Wildman–Crippen MR) is 42.9 cm³/mol. The number of anilines is 1. The minimum Gasteiger partial charge on any atom is -0.508 e. The van der Waals surface area contributed by atoms with Crippen LogP contribution in [0, 0.1) is 0 Å². The van der Waals surface area contributed by atoms with Crippen LogP contribution in [-0.4, -0.2) is 18.8 Å². The Bertz CT molecular complexity index is 275. The molecule has 0 saturated carbocycles. The number of amides is 1. The molecule has 3 nitrogen and oxygen atoms in total. The van der Waals surface area contributed by atoms with Gasteiger partial charge in [0.1, 0.15) is 5.75 Å². The summed E-state index contributed by atoms with van der Waals surface area (Å²) in [4.78, 5) is 10.3. The number of phenolic OH excluding ortho intramolecular Hbond substituents is 1. The van der Waals surface area contributed by atoms with E-state index in [-0.39, 0.29) is 5.75 Å². The number of carbonyl (C=O) groups is 1. The van der Waals surface area contributed by atoms with Gasteiger partial charge in [-0.1, -0.05) is 6.07 Å². The van der Waals surface area contributed by atoms with Gasteiger partial charge in [-0.3, -0.25) is 4.79 Å². The molecule has 0 unspecified atom stereocenters. The van der Waals surface area contributed by atoms with Gasteiger partial charge < -0.3 is 10.4 Å². The molecule has 0 fully saturated rings. The second kappa shape index (κ2) is 3.10. The molecule has 0 aliphatic carbocycles. The Morgan fingerprint density at radius 3 is 2.82 bits per heavy atom. The van der Waals surface area contributed by atoms with E-state index in [1.165, 1.54) is 12.1 Å². The monoisotopic (exact) mass is 147 g/mol. The van der Waals surface area contributed by atoms with E-state index >= 15 is 0 Å². The van der Waals surface area contributed by atoms with Gasteiger partial charge in [0.15, 0.2) is 5.81 Å². The quantitative estimate of drug-likeness (QED) is 0.584. The average molecular weight is 147 g/mol. The van der Waals surface area contributed by atoms with Gasteiger partial charge in [-0.15, -0.1) is 0 Å². The van der Waals surface area contributed by atoms with Crippen molar-refractivity contribution in [2.24, 2.45) is 0 Å². The van der Waals surface area contributed by atoms with Gasteiger partial charge in [-0.05, 0) is 12.1 Å². The van der Waals surface area contributed by atoms with Crippen LogP contribution in [0.1, 0.15) is 0 Å². The Balaban J connectivity index is 2.79. The number of benzene rings is 1. The van der Waals surface area contributed by atoms with Crippen molar-refractivity contribution >= 4 is 19.3 Å². The zero-order chi connectivity index (χ0) is 8.27. The van der Waals surface area contributed by atoms with Crippen LogP contribution in [0.15, 0.2) is 24.3 Å². The molecule has 1 aromatic carbocycles. The largest absolute Gasteiger partial charge is 0.508 e. The molecule has 0 bridgehead atoms. The molecule has 4 heteroatoms. The third kappa shape index (κ3) is 2.33. The number of aromatic hydroxyl groups is 1. The molecule has 0 saturated heterocycles. The average Bonchev–Trinajstić information content (AvgIpc) is 1.85. The number of rotatable bonds is 1. The third-order valence-corrected chi connectivity index (χ3v) is 1.11. The molecule has 0 spiro atoms. The van der Waals surface area contributed by atoms with E-state index in [1.54, 1.807) is 12.1 Å². The molecule has 0 aliphatic heterocycles. The first-order chi connectivity index (χ1) is 5.18. The highest BCUT2D eigenvalue weighted by molar-refractivity contribution is 6.60. The SMILES string of the molecule is [B]C(=O)Nc1cccc(O)c1. The van der Waals surface area contributed by atoms with Crippen molar-refractivity contribution in [3.8, 4) is 5.75 Å². The van der Waals surface area contributed by atoms with Crippen LogP contribution in [0.3, 0.4) is 0 Å². The molecule has 0 atom stereocenters. The summed E-state index contributed by atoms with van der Waals surface area (Å²) in [5.74, 6) is -0.549. The minimum absolute atomic E-state index is 0.0938. The highest BCUT2D eigenvalue weighted by Crippen LogP contribution is 2.14. The van der Waals surface area contributed by atoms with E-state index in [0.717, 1.165) is 0 Å². The summed E-state index contributed by atoms with van der Waals surface area (Å²) >= 11 is 0. The Labute approximate surface area is 65.5 Å². The normalized spacial score (nSPS) is 9.09. The zero-order valence-electron chi connectivity index (χ0n) is 5.74. The lowest BCUT2D eigenvalue weighted by molar-refractivity contribution is 0.269. The van der Waals surface area contributed by atoms with E-state index in [2.05, 4.69) is 5.32 Å². The number of nitrogens with one attached hydrogen (secondary N) is 1. The number of hydrogen-bond donors (Lipinski definition) is 2. The van der Waals surface area contributed by atoms with E-state index in [1.807, 2.05) is 0 Å². The summed E-state index contributed by atoms with van der Waals surface area (Å²) in [6.45, 7) is 0. The molecule has 2 radical (unpaired) electrons. The topological polar surface area (TPSA) is 49.3 Å². The maximum Gasteiger partial charge on any atom is 0.201 e. The van der Waals surface area contributed by atoms with Crippen LogP contribution in [0.25, 0.3) is 0 Å². The fraction of sp³-hybridized carbons (Fsp3) is 0. The summed E-state index contributed by atoms with van der Waals surface area (Å²) in [7, 11) is 4.84. The molecule has 1 aromatic rings. The first-order valence-corrected chi connectivity index (χ1v) is 3.04. The van der Waals surface area contributed by atoms with Crippen molar-refractivity contribution in [1.82, 2.24) is 0 Å². The van der Waals surface area contributed by atoms with Crippen molar-refractivity contribution in [3.05, 3.63) is 24.3 Å². The molecule has 1 amide bonds. The molecule has 0 aliphatic rings. The van der Waals surface area contributed by atoms with E-state index in [9.17, 15) is 4.79 Å². The van der Waals surface area contributed by atoms with E-state index < -0.39 is 5.81 Å². The summed E-state index contributed by atoms with van der Waals surface area (Å²) in [5.41, 5.74) is 0.484. The number of carbonyl (C=O) groups excluding carboxylic acids is 1. The van der Waals surface area contributed by atoms with E-state index in [0.29, 0.717) is 5.69 Å². The fourth-order valence-electron chi connectivity index (χ4n) is 0.726. The zero-order valence-corrected chi connectivity index (χ0v) is 5.74. The molecule has 1 rings (SSSR count). The van der Waals surface area contributed by atoms with Gasteiger partial charge in [0.2, 0.25) is 7.85 Å². The second-order valence-corrected chi connectivity index (χ2v) is 2.04. The van der Waals surface area contributed by atoms with Gasteiger partial charge in [-0.2, -0.15) is 0 Å². The molecular weight excluding hydrogens is 141 g/mol. The molecule has 0 heterocycles. The Morgan fingerprint density at radius 2 is 2.27 bits per heavy atom. The van der Waals surface area contributed by atoms with Gasteiger partial charge in [0.25, 0.3) is 0 Å². The lowest BCUT2D eigenvalue weighted by Crippen LogP contribution is -2.07. The van der Waals surface area contributed by atoms with Crippen molar-refractivity contribution in [1.29, 1.82) is 0 Å². The van der Waals surface area contributed by atoms with Gasteiger partial charge in [0, 0.05) is 11.8 Å². The van der Waals surface area contributed by atoms with Crippen molar-refractivity contribution in [3.63, 3.8) is 0 Å². The van der Waals surface area contributed by atoms with Gasteiger partial charge >= 0.3 is 0 Å². The summed E-state index contributed by atoms with van der Waals surface area (Å²) in [6, 6.07) is 6.15. The summed E-state index contributed by atoms with van der Waals surface area (Å²) in [6.07, 6.45) is 0. The van der Waals surface area contributed by atoms with Crippen LogP contribution in [-0.2, 0) is 0 Å². The smallest absolute Gasteiger partial charge is 0.201 e. The number of phenols is 1. The van der Waals surface area contributed by atoms with Crippen LogP contribution in [0.2, 0.25) is 0 Å². The molecule has 0 aromatic heterocycles. The van der Waals surface area contributed by atoms with Crippen molar-refractivity contribution in [2.45, 2.75) is 0 Å². The third-order valence-electron chi connectivity index (χ3n) is 1.11. The molecular formula is C7H6BNO2. The highest BCUT2D eigenvalue weighted by atomic mass is 16.3. The van der Waals surface area contributed by atoms with Crippen LogP contribution >= 0.6 is 0 Å². The van der Waals surface area contributed by atoms with Gasteiger partial charge in [0.05, 0.1) is 0 Å². The van der Waals surface area contributed by atoms with Crippen LogP contribution < -0.4 is 5.32 Å². The van der Waals surface area contributed by atoms with Crippen LogP contribution in [0.4, 0.5) is 10.5 Å².